The van der Waals surface area contributed by atoms with Gasteiger partial charge in [0.1, 0.15) is 5.75 Å². The van der Waals surface area contributed by atoms with Gasteiger partial charge in [0.2, 0.25) is 0 Å². The normalized spacial score (nSPS) is 11.5. The summed E-state index contributed by atoms with van der Waals surface area (Å²) in [6.45, 7) is 8.54. The molecule has 0 saturated heterocycles. The molecule has 0 atom stereocenters. The van der Waals surface area contributed by atoms with Crippen LogP contribution < -0.4 is 10.1 Å². The fourth-order valence-electron chi connectivity index (χ4n) is 1.79. The zero-order valence-electron chi connectivity index (χ0n) is 11.2. The van der Waals surface area contributed by atoms with Crippen LogP contribution in [0.15, 0.2) is 24.3 Å². The maximum atomic E-state index is 5.63. The average Bonchev–Trinajstić information content (AvgIpc) is 2.29. The number of methoxy groups -OCH3 is 1. The van der Waals surface area contributed by atoms with Crippen LogP contribution in [0.4, 0.5) is 0 Å². The molecule has 0 saturated carbocycles. The Labute approximate surface area is 104 Å². The Morgan fingerprint density at radius 3 is 2.59 bits per heavy atom. The maximum Gasteiger partial charge on any atom is 0.123 e. The smallest absolute Gasteiger partial charge is 0.123 e. The predicted molar refractivity (Wildman–Crippen MR) is 70.4 cm³/mol. The first kappa shape index (κ1) is 14.0. The highest BCUT2D eigenvalue weighted by atomic mass is 16.5. The first-order chi connectivity index (χ1) is 8.09. The van der Waals surface area contributed by atoms with E-state index >= 15 is 0 Å². The van der Waals surface area contributed by atoms with E-state index in [1.165, 1.54) is 5.56 Å². The maximum absolute atomic E-state index is 5.63. The van der Waals surface area contributed by atoms with E-state index in [4.69, 9.17) is 9.47 Å². The Balaban J connectivity index is 2.45. The number of benzene rings is 1. The zero-order valence-corrected chi connectivity index (χ0v) is 11.2. The van der Waals surface area contributed by atoms with Gasteiger partial charge in [-0.25, -0.2) is 0 Å². The first-order valence-electron chi connectivity index (χ1n) is 6.05. The molecule has 3 heteroatoms. The fraction of sp³-hybridized carbons (Fsp3) is 0.571. The third-order valence-corrected chi connectivity index (χ3v) is 2.59. The van der Waals surface area contributed by atoms with Gasteiger partial charge in [0.05, 0.1) is 12.7 Å². The van der Waals surface area contributed by atoms with Crippen molar-refractivity contribution in [2.75, 3.05) is 20.3 Å². The Hall–Kier alpha value is -1.06. The third kappa shape index (κ3) is 4.75. The van der Waals surface area contributed by atoms with E-state index in [1.807, 2.05) is 25.1 Å². The van der Waals surface area contributed by atoms with Crippen molar-refractivity contribution in [3.05, 3.63) is 29.8 Å². The molecule has 0 bridgehead atoms. The van der Waals surface area contributed by atoms with Crippen molar-refractivity contribution in [2.45, 2.75) is 32.9 Å². The first-order valence-corrected chi connectivity index (χ1v) is 6.05. The molecule has 0 unspecified atom stereocenters. The molecule has 0 radical (unpaired) electrons. The summed E-state index contributed by atoms with van der Waals surface area (Å²) in [4.78, 5) is 0. The van der Waals surface area contributed by atoms with Crippen LogP contribution in [0.5, 0.6) is 5.75 Å². The summed E-state index contributed by atoms with van der Waals surface area (Å²) in [6.07, 6.45) is 0. The molecular weight excluding hydrogens is 214 g/mol. The SMILES string of the molecule is CCOC(C)(C)CNCc1ccccc1OC. The van der Waals surface area contributed by atoms with Gasteiger partial charge in [-0.05, 0) is 26.8 Å². The van der Waals surface area contributed by atoms with Crippen molar-refractivity contribution in [3.8, 4) is 5.75 Å². The van der Waals surface area contributed by atoms with Crippen LogP contribution in [0.25, 0.3) is 0 Å². The van der Waals surface area contributed by atoms with Gasteiger partial charge in [-0.15, -0.1) is 0 Å². The van der Waals surface area contributed by atoms with E-state index in [9.17, 15) is 0 Å². The van der Waals surface area contributed by atoms with Crippen molar-refractivity contribution in [1.29, 1.82) is 0 Å². The van der Waals surface area contributed by atoms with Gasteiger partial charge in [0.25, 0.3) is 0 Å². The quantitative estimate of drug-likeness (QED) is 0.790. The summed E-state index contributed by atoms with van der Waals surface area (Å²) < 4.78 is 10.9. The highest BCUT2D eigenvalue weighted by Gasteiger charge is 2.16. The molecule has 17 heavy (non-hydrogen) atoms. The van der Waals surface area contributed by atoms with Crippen molar-refractivity contribution in [1.82, 2.24) is 5.32 Å². The average molecular weight is 237 g/mol. The van der Waals surface area contributed by atoms with E-state index in [0.29, 0.717) is 0 Å². The lowest BCUT2D eigenvalue weighted by Crippen LogP contribution is -2.37. The van der Waals surface area contributed by atoms with Gasteiger partial charge in [0.15, 0.2) is 0 Å². The lowest BCUT2D eigenvalue weighted by atomic mass is 10.1. The van der Waals surface area contributed by atoms with Gasteiger partial charge < -0.3 is 14.8 Å². The molecule has 1 aromatic rings. The number of para-hydroxylation sites is 1. The zero-order chi connectivity index (χ0) is 12.7. The summed E-state index contributed by atoms with van der Waals surface area (Å²) >= 11 is 0. The second kappa shape index (κ2) is 6.62. The second-order valence-electron chi connectivity index (χ2n) is 4.61. The minimum atomic E-state index is -0.128. The van der Waals surface area contributed by atoms with E-state index < -0.39 is 0 Å². The van der Waals surface area contributed by atoms with Crippen LogP contribution in [0.1, 0.15) is 26.3 Å². The van der Waals surface area contributed by atoms with Gasteiger partial charge >= 0.3 is 0 Å². The van der Waals surface area contributed by atoms with E-state index in [2.05, 4.69) is 25.2 Å². The van der Waals surface area contributed by atoms with Gasteiger partial charge in [-0.1, -0.05) is 18.2 Å². The molecule has 96 valence electrons. The standard InChI is InChI=1S/C14H23NO2/c1-5-17-14(2,3)11-15-10-12-8-6-7-9-13(12)16-4/h6-9,15H,5,10-11H2,1-4H3. The van der Waals surface area contributed by atoms with Crippen LogP contribution in [-0.2, 0) is 11.3 Å². The number of hydrogen-bond donors (Lipinski definition) is 1. The van der Waals surface area contributed by atoms with Crippen LogP contribution >= 0.6 is 0 Å². The van der Waals surface area contributed by atoms with Crippen LogP contribution in [0, 0.1) is 0 Å². The van der Waals surface area contributed by atoms with Crippen LogP contribution in [-0.4, -0.2) is 25.9 Å². The van der Waals surface area contributed by atoms with Crippen LogP contribution in [0.2, 0.25) is 0 Å². The Morgan fingerprint density at radius 2 is 1.94 bits per heavy atom. The Bertz CT molecular complexity index is 337. The van der Waals surface area contributed by atoms with Gasteiger partial charge in [-0.2, -0.15) is 0 Å². The molecular formula is C14H23NO2. The number of rotatable bonds is 7. The van der Waals surface area contributed by atoms with Crippen molar-refractivity contribution in [2.24, 2.45) is 0 Å². The number of nitrogens with one attached hydrogen (secondary N) is 1. The lowest BCUT2D eigenvalue weighted by molar-refractivity contribution is -0.00900. The van der Waals surface area contributed by atoms with Gasteiger partial charge in [-0.3, -0.25) is 0 Å². The molecule has 0 amide bonds. The molecule has 0 aliphatic rings. The van der Waals surface area contributed by atoms with Crippen LogP contribution in [0.3, 0.4) is 0 Å². The second-order valence-corrected chi connectivity index (χ2v) is 4.61. The molecule has 0 heterocycles. The summed E-state index contributed by atoms with van der Waals surface area (Å²) in [5.41, 5.74) is 1.04. The van der Waals surface area contributed by atoms with Crippen molar-refractivity contribution < 1.29 is 9.47 Å². The molecule has 1 rings (SSSR count). The third-order valence-electron chi connectivity index (χ3n) is 2.59. The predicted octanol–water partition coefficient (Wildman–Crippen LogP) is 2.60. The number of ether oxygens (including phenoxy) is 2. The highest BCUT2D eigenvalue weighted by Crippen LogP contribution is 2.17. The number of hydrogen-bond acceptors (Lipinski definition) is 3. The van der Waals surface area contributed by atoms with Crippen molar-refractivity contribution in [3.63, 3.8) is 0 Å². The van der Waals surface area contributed by atoms with E-state index in [-0.39, 0.29) is 5.60 Å². The molecule has 1 N–H and O–H groups in total. The van der Waals surface area contributed by atoms with Gasteiger partial charge in [0, 0.05) is 25.3 Å². The molecule has 3 nitrogen and oxygen atoms in total. The van der Waals surface area contributed by atoms with E-state index in [1.54, 1.807) is 7.11 Å². The molecule has 0 aliphatic heterocycles. The Kier molecular flexibility index (Phi) is 5.45. The minimum absolute atomic E-state index is 0.128. The van der Waals surface area contributed by atoms with E-state index in [0.717, 1.165) is 25.4 Å². The van der Waals surface area contributed by atoms with Crippen molar-refractivity contribution >= 4 is 0 Å². The molecule has 0 aliphatic carbocycles. The topological polar surface area (TPSA) is 30.5 Å². The largest absolute Gasteiger partial charge is 0.496 e. The molecule has 1 aromatic carbocycles. The summed E-state index contributed by atoms with van der Waals surface area (Å²) in [7, 11) is 1.70. The fourth-order valence-corrected chi connectivity index (χ4v) is 1.79. The molecule has 0 aromatic heterocycles. The lowest BCUT2D eigenvalue weighted by Gasteiger charge is -2.25. The monoisotopic (exact) mass is 237 g/mol. The summed E-state index contributed by atoms with van der Waals surface area (Å²) in [5.74, 6) is 0.925. The molecule has 0 spiro atoms. The minimum Gasteiger partial charge on any atom is -0.496 e. The highest BCUT2D eigenvalue weighted by molar-refractivity contribution is 5.32. The molecule has 0 fully saturated rings. The Morgan fingerprint density at radius 1 is 1.24 bits per heavy atom. The summed E-state index contributed by atoms with van der Waals surface area (Å²) in [6, 6.07) is 8.05. The summed E-state index contributed by atoms with van der Waals surface area (Å²) in [5, 5.41) is 3.40.